The van der Waals surface area contributed by atoms with E-state index >= 15 is 0 Å². The Bertz CT molecular complexity index is 778. The minimum Gasteiger partial charge on any atom is -0.508 e. The van der Waals surface area contributed by atoms with Crippen molar-refractivity contribution in [3.63, 3.8) is 0 Å². The number of rotatable bonds is 3. The number of aryl methyl sites for hydroxylation is 2. The first kappa shape index (κ1) is 17.5. The fourth-order valence-corrected chi connectivity index (χ4v) is 5.09. The first-order chi connectivity index (χ1) is 12.4. The largest absolute Gasteiger partial charge is 0.508 e. The maximum atomic E-state index is 10.8. The normalized spacial score (nSPS) is 26.5. The van der Waals surface area contributed by atoms with E-state index in [4.69, 9.17) is 4.74 Å². The molecule has 1 aliphatic heterocycles. The van der Waals surface area contributed by atoms with E-state index in [-0.39, 0.29) is 5.60 Å². The lowest BCUT2D eigenvalue weighted by molar-refractivity contribution is -0.0145. The number of hydrogen-bond acceptors (Lipinski definition) is 2. The minimum absolute atomic E-state index is 0.164. The average Bonchev–Trinajstić information content (AvgIpc) is 2.59. The number of fused-ring (bicyclic) bond motifs is 3. The average molecular weight is 351 g/mol. The molecule has 1 unspecified atom stereocenters. The van der Waals surface area contributed by atoms with Crippen LogP contribution in [0.4, 0.5) is 0 Å². The van der Waals surface area contributed by atoms with Crippen molar-refractivity contribution >= 4 is 0 Å². The summed E-state index contributed by atoms with van der Waals surface area (Å²) in [6.07, 6.45) is 5.50. The van der Waals surface area contributed by atoms with Crippen LogP contribution >= 0.6 is 0 Å². The molecule has 2 heteroatoms. The Morgan fingerprint density at radius 2 is 1.77 bits per heavy atom. The maximum absolute atomic E-state index is 10.8. The second-order valence-corrected chi connectivity index (χ2v) is 8.85. The highest BCUT2D eigenvalue weighted by Gasteiger charge is 2.47. The van der Waals surface area contributed by atoms with E-state index in [1.54, 1.807) is 0 Å². The third-order valence-corrected chi connectivity index (χ3v) is 6.47. The second kappa shape index (κ2) is 6.64. The predicted molar refractivity (Wildman–Crippen MR) is 106 cm³/mol. The molecule has 138 valence electrons. The fourth-order valence-electron chi connectivity index (χ4n) is 5.09. The summed E-state index contributed by atoms with van der Waals surface area (Å²) in [5, 5.41) is 10.8. The van der Waals surface area contributed by atoms with Crippen molar-refractivity contribution in [1.29, 1.82) is 0 Å². The van der Waals surface area contributed by atoms with Crippen LogP contribution in [0.2, 0.25) is 0 Å². The number of ether oxygens (including phenoxy) is 1. The van der Waals surface area contributed by atoms with Crippen molar-refractivity contribution in [2.75, 3.05) is 0 Å². The van der Waals surface area contributed by atoms with Crippen molar-refractivity contribution in [1.82, 2.24) is 0 Å². The highest BCUT2D eigenvalue weighted by Crippen LogP contribution is 2.55. The molecule has 0 saturated heterocycles. The molecular weight excluding hydrogens is 320 g/mol. The van der Waals surface area contributed by atoms with Gasteiger partial charge < -0.3 is 9.84 Å². The fraction of sp³-hybridized carbons (Fsp3) is 0.500. The van der Waals surface area contributed by atoms with Crippen LogP contribution in [0.15, 0.2) is 42.5 Å². The molecule has 2 nitrogen and oxygen atoms in total. The van der Waals surface area contributed by atoms with Crippen LogP contribution in [-0.2, 0) is 12.8 Å². The van der Waals surface area contributed by atoms with Crippen LogP contribution in [0.5, 0.6) is 11.5 Å². The van der Waals surface area contributed by atoms with Gasteiger partial charge in [0.1, 0.15) is 17.1 Å². The first-order valence-electron chi connectivity index (χ1n) is 10.0. The van der Waals surface area contributed by atoms with Crippen LogP contribution in [-0.4, -0.2) is 10.7 Å². The quantitative estimate of drug-likeness (QED) is 0.750. The van der Waals surface area contributed by atoms with Gasteiger partial charge in [-0.15, -0.1) is 0 Å². The van der Waals surface area contributed by atoms with Gasteiger partial charge in [0, 0.05) is 11.5 Å². The smallest absolute Gasteiger partial charge is 0.127 e. The van der Waals surface area contributed by atoms with Crippen molar-refractivity contribution < 1.29 is 9.84 Å². The lowest BCUT2D eigenvalue weighted by atomic mass is 9.64. The van der Waals surface area contributed by atoms with Gasteiger partial charge in [0.05, 0.1) is 0 Å². The minimum atomic E-state index is -0.164. The van der Waals surface area contributed by atoms with Gasteiger partial charge in [0.15, 0.2) is 0 Å². The Balaban J connectivity index is 1.63. The molecule has 4 rings (SSSR count). The van der Waals surface area contributed by atoms with Crippen molar-refractivity contribution in [3.05, 3.63) is 59.2 Å². The predicted octanol–water partition coefficient (Wildman–Crippen LogP) is 5.87. The molecule has 0 amide bonds. The molecule has 0 aromatic heterocycles. The van der Waals surface area contributed by atoms with Gasteiger partial charge in [0.2, 0.25) is 0 Å². The number of phenolic OH excluding ortho intramolecular Hbond substituents is 1. The Labute approximate surface area is 157 Å². The maximum Gasteiger partial charge on any atom is 0.127 e. The van der Waals surface area contributed by atoms with Crippen LogP contribution in [0.25, 0.3) is 0 Å². The van der Waals surface area contributed by atoms with Gasteiger partial charge in [-0.25, -0.2) is 0 Å². The van der Waals surface area contributed by atoms with Crippen LogP contribution in [0.1, 0.15) is 62.6 Å². The van der Waals surface area contributed by atoms with E-state index in [9.17, 15) is 5.11 Å². The molecule has 1 N–H and O–H groups in total. The molecule has 0 bridgehead atoms. The summed E-state index contributed by atoms with van der Waals surface area (Å²) in [5.41, 5.74) is 3.38. The molecule has 2 aliphatic rings. The molecule has 0 spiro atoms. The molecule has 2 aromatic rings. The highest BCUT2D eigenvalue weighted by molar-refractivity contribution is 5.52. The summed E-state index contributed by atoms with van der Waals surface area (Å²) in [6.45, 7) is 6.78. The molecule has 0 radical (unpaired) electrons. The first-order valence-corrected chi connectivity index (χ1v) is 10.0. The molecule has 1 heterocycles. The van der Waals surface area contributed by atoms with Gasteiger partial charge in [0.25, 0.3) is 0 Å². The lowest BCUT2D eigenvalue weighted by Crippen LogP contribution is -2.46. The zero-order valence-electron chi connectivity index (χ0n) is 16.2. The standard InChI is InChI=1S/C24H30O2/c1-16-9-12-20-19(13-16)23-21(25)14-18(15-22(23)26-24(20,2)3)11-10-17-7-5-4-6-8-17/h4-8,14-16,19-20,25H,9-13H2,1-3H3/t16?,19-,20+/m1/s1. The highest BCUT2D eigenvalue weighted by atomic mass is 16.5. The van der Waals surface area contributed by atoms with Crippen molar-refractivity contribution in [2.45, 2.75) is 64.4 Å². The van der Waals surface area contributed by atoms with Gasteiger partial charge in [-0.05, 0) is 74.6 Å². The topological polar surface area (TPSA) is 29.5 Å². The van der Waals surface area contributed by atoms with E-state index in [2.05, 4.69) is 51.1 Å². The van der Waals surface area contributed by atoms with E-state index in [0.717, 1.165) is 42.1 Å². The number of phenols is 1. The zero-order valence-corrected chi connectivity index (χ0v) is 16.2. The molecule has 2 aromatic carbocycles. The zero-order chi connectivity index (χ0) is 18.3. The van der Waals surface area contributed by atoms with Crippen LogP contribution in [0.3, 0.4) is 0 Å². The van der Waals surface area contributed by atoms with Gasteiger partial charge in [-0.3, -0.25) is 0 Å². The summed E-state index contributed by atoms with van der Waals surface area (Å²) < 4.78 is 6.44. The Hall–Kier alpha value is -1.96. The monoisotopic (exact) mass is 350 g/mol. The number of benzene rings is 2. The summed E-state index contributed by atoms with van der Waals surface area (Å²) in [6, 6.07) is 14.7. The lowest BCUT2D eigenvalue weighted by Gasteiger charge is -2.48. The summed E-state index contributed by atoms with van der Waals surface area (Å²) in [4.78, 5) is 0. The van der Waals surface area contributed by atoms with E-state index in [1.807, 2.05) is 12.1 Å². The summed E-state index contributed by atoms with van der Waals surface area (Å²) in [5.74, 6) is 2.97. The third-order valence-electron chi connectivity index (χ3n) is 6.47. The number of aromatic hydroxyl groups is 1. The summed E-state index contributed by atoms with van der Waals surface area (Å²) in [7, 11) is 0. The van der Waals surface area contributed by atoms with Crippen molar-refractivity contribution in [3.8, 4) is 11.5 Å². The second-order valence-electron chi connectivity index (χ2n) is 8.85. The van der Waals surface area contributed by atoms with E-state index in [1.165, 1.54) is 18.4 Å². The van der Waals surface area contributed by atoms with Gasteiger partial charge in [-0.2, -0.15) is 0 Å². The van der Waals surface area contributed by atoms with Crippen molar-refractivity contribution in [2.24, 2.45) is 11.8 Å². The molecule has 1 fully saturated rings. The summed E-state index contributed by atoms with van der Waals surface area (Å²) >= 11 is 0. The SMILES string of the molecule is CC1CC[C@H]2[C@@H](C1)c1c(O)cc(CCc3ccccc3)cc1OC2(C)C. The van der Waals surface area contributed by atoms with Gasteiger partial charge in [-0.1, -0.05) is 43.7 Å². The Kier molecular flexibility index (Phi) is 4.46. The van der Waals surface area contributed by atoms with Crippen LogP contribution in [0, 0.1) is 11.8 Å². The van der Waals surface area contributed by atoms with Gasteiger partial charge >= 0.3 is 0 Å². The molecule has 1 saturated carbocycles. The van der Waals surface area contributed by atoms with E-state index in [0.29, 0.717) is 17.6 Å². The molecular formula is C24H30O2. The molecule has 26 heavy (non-hydrogen) atoms. The number of hydrogen-bond donors (Lipinski definition) is 1. The Morgan fingerprint density at radius 1 is 1.04 bits per heavy atom. The van der Waals surface area contributed by atoms with E-state index < -0.39 is 0 Å². The van der Waals surface area contributed by atoms with Crippen LogP contribution < -0.4 is 4.74 Å². The molecule has 1 aliphatic carbocycles. The Morgan fingerprint density at radius 3 is 2.54 bits per heavy atom. The molecule has 3 atom stereocenters. The third kappa shape index (κ3) is 3.22.